The van der Waals surface area contributed by atoms with E-state index in [2.05, 4.69) is 32.7 Å². The fourth-order valence-corrected chi connectivity index (χ4v) is 2.54. The number of benzene rings is 1. The normalized spacial score (nSPS) is 19.3. The molecule has 0 bridgehead atoms. The highest BCUT2D eigenvalue weighted by atomic mass is 32.1. The van der Waals surface area contributed by atoms with E-state index in [0.717, 1.165) is 24.2 Å². The second kappa shape index (κ2) is 6.73. The number of oxazole rings is 1. The smallest absolute Gasteiger partial charge is 0.273 e. The Balaban J connectivity index is 1.62. The van der Waals surface area contributed by atoms with Crippen LogP contribution in [-0.2, 0) is 0 Å². The molecule has 1 N–H and O–H groups in total. The van der Waals surface area contributed by atoms with Crippen molar-refractivity contribution in [3.05, 3.63) is 36.2 Å². The van der Waals surface area contributed by atoms with E-state index in [1.54, 1.807) is 7.11 Å². The molecule has 0 saturated heterocycles. The molecule has 1 aromatic carbocycles. The first-order chi connectivity index (χ1) is 11.2. The number of carbonyl (C=O) groups excluding carboxylic acids is 1. The van der Waals surface area contributed by atoms with Gasteiger partial charge in [0.15, 0.2) is 5.69 Å². The van der Waals surface area contributed by atoms with Gasteiger partial charge in [0.2, 0.25) is 5.89 Å². The molecule has 118 valence electrons. The number of aromatic nitrogens is 1. The van der Waals surface area contributed by atoms with Gasteiger partial charge >= 0.3 is 0 Å². The number of hydrogen-bond acceptors (Lipinski definition) is 6. The maximum absolute atomic E-state index is 12.1. The number of nitrogens with zero attached hydrogens (tertiary/aromatic N) is 2. The highest BCUT2D eigenvalue weighted by Gasteiger charge is 2.30. The summed E-state index contributed by atoms with van der Waals surface area (Å²) in [5, 5.41) is 5.27. The largest absolute Gasteiger partial charge is 0.497 e. The molecule has 23 heavy (non-hydrogen) atoms. The number of aliphatic imine (C=N–C) groups is 1. The van der Waals surface area contributed by atoms with Crippen molar-refractivity contribution in [1.29, 1.82) is 0 Å². The van der Waals surface area contributed by atoms with Crippen molar-refractivity contribution in [2.24, 2.45) is 4.99 Å². The third kappa shape index (κ3) is 3.47. The Morgan fingerprint density at radius 1 is 1.43 bits per heavy atom. The lowest BCUT2D eigenvalue weighted by Crippen LogP contribution is -2.46. The quantitative estimate of drug-likeness (QED) is 0.674. The van der Waals surface area contributed by atoms with Gasteiger partial charge in [0.1, 0.15) is 12.0 Å². The molecule has 1 aliphatic rings. The zero-order valence-corrected chi connectivity index (χ0v) is 13.3. The molecule has 6 nitrogen and oxygen atoms in total. The number of carbonyl (C=O) groups is 1. The molecule has 1 heterocycles. The van der Waals surface area contributed by atoms with Crippen LogP contribution in [0.5, 0.6) is 5.75 Å². The first-order valence-electron chi connectivity index (χ1n) is 7.17. The van der Waals surface area contributed by atoms with Gasteiger partial charge in [-0.25, -0.2) is 9.98 Å². The van der Waals surface area contributed by atoms with Gasteiger partial charge in [0.05, 0.1) is 18.3 Å². The number of nitrogens with one attached hydrogen (secondary N) is 1. The summed E-state index contributed by atoms with van der Waals surface area (Å²) >= 11 is 4.56. The molecule has 0 atom stereocenters. The standard InChI is InChI=1S/C16H15N3O3S/c1-21-13-4-2-10(3-5-13)16-19-14(8-22-16)15(20)18-12-6-11(7-12)17-9-23/h2-5,8,11-12H,6-7H2,1H3,(H,18,20)/t11-,12+. The SMILES string of the molecule is COc1ccc(-c2nc(C(=O)N[C@H]3C[C@@H](N=C=S)C3)co2)cc1. The van der Waals surface area contributed by atoms with E-state index in [4.69, 9.17) is 9.15 Å². The van der Waals surface area contributed by atoms with Gasteiger partial charge < -0.3 is 14.5 Å². The van der Waals surface area contributed by atoms with E-state index in [1.165, 1.54) is 6.26 Å². The van der Waals surface area contributed by atoms with E-state index in [-0.39, 0.29) is 23.7 Å². The minimum Gasteiger partial charge on any atom is -0.497 e. The van der Waals surface area contributed by atoms with E-state index in [9.17, 15) is 4.79 Å². The number of isothiocyanates is 1. The molecule has 0 radical (unpaired) electrons. The van der Waals surface area contributed by atoms with Crippen LogP contribution in [0.25, 0.3) is 11.5 Å². The molecule has 1 aliphatic carbocycles. The highest BCUT2D eigenvalue weighted by Crippen LogP contribution is 2.24. The van der Waals surface area contributed by atoms with Crippen LogP contribution in [0.15, 0.2) is 39.9 Å². The number of amides is 1. The summed E-state index contributed by atoms with van der Waals surface area (Å²) in [6.07, 6.45) is 2.91. The Hall–Kier alpha value is -2.50. The third-order valence-corrected chi connectivity index (χ3v) is 3.86. The lowest BCUT2D eigenvalue weighted by molar-refractivity contribution is 0.0905. The predicted octanol–water partition coefficient (Wildman–Crippen LogP) is 2.71. The Bertz CT molecular complexity index is 744. The number of ether oxygens (including phenoxy) is 1. The maximum Gasteiger partial charge on any atom is 0.273 e. The Labute approximate surface area is 138 Å². The molecule has 1 saturated carbocycles. The van der Waals surface area contributed by atoms with Crippen molar-refractivity contribution in [3.8, 4) is 17.2 Å². The van der Waals surface area contributed by atoms with Crippen molar-refractivity contribution in [3.63, 3.8) is 0 Å². The van der Waals surface area contributed by atoms with Gasteiger partial charge in [-0.3, -0.25) is 4.79 Å². The Kier molecular flexibility index (Phi) is 4.50. The van der Waals surface area contributed by atoms with Crippen LogP contribution in [-0.4, -0.2) is 35.2 Å². The zero-order valence-electron chi connectivity index (χ0n) is 12.5. The number of hydrogen-bond donors (Lipinski definition) is 1. The molecule has 7 heteroatoms. The van der Waals surface area contributed by atoms with Gasteiger partial charge in [0.25, 0.3) is 5.91 Å². The average molecular weight is 329 g/mol. The lowest BCUT2D eigenvalue weighted by atomic mass is 9.87. The summed E-state index contributed by atoms with van der Waals surface area (Å²) < 4.78 is 10.5. The second-order valence-corrected chi connectivity index (χ2v) is 5.46. The van der Waals surface area contributed by atoms with Crippen LogP contribution < -0.4 is 10.1 Å². The van der Waals surface area contributed by atoms with Crippen molar-refractivity contribution in [2.75, 3.05) is 7.11 Å². The Morgan fingerprint density at radius 2 is 2.17 bits per heavy atom. The maximum atomic E-state index is 12.1. The topological polar surface area (TPSA) is 76.7 Å². The highest BCUT2D eigenvalue weighted by molar-refractivity contribution is 7.78. The van der Waals surface area contributed by atoms with Crippen molar-refractivity contribution >= 4 is 23.3 Å². The number of methoxy groups -OCH3 is 1. The lowest BCUT2D eigenvalue weighted by Gasteiger charge is -2.31. The van der Waals surface area contributed by atoms with Crippen LogP contribution in [0.1, 0.15) is 23.3 Å². The van der Waals surface area contributed by atoms with Gasteiger partial charge in [-0.05, 0) is 49.3 Å². The molecule has 1 aromatic heterocycles. The fourth-order valence-electron chi connectivity index (χ4n) is 2.39. The van der Waals surface area contributed by atoms with Crippen molar-refractivity contribution < 1.29 is 13.9 Å². The average Bonchev–Trinajstić information content (AvgIpc) is 3.03. The summed E-state index contributed by atoms with van der Waals surface area (Å²) in [4.78, 5) is 20.4. The van der Waals surface area contributed by atoms with Crippen LogP contribution in [0, 0.1) is 0 Å². The first kappa shape index (κ1) is 15.4. The first-order valence-corrected chi connectivity index (χ1v) is 7.58. The molecule has 0 unspecified atom stereocenters. The van der Waals surface area contributed by atoms with E-state index in [1.807, 2.05) is 24.3 Å². The Morgan fingerprint density at radius 3 is 2.83 bits per heavy atom. The number of rotatable bonds is 5. The number of thiocarbonyl (C=S) groups is 1. The summed E-state index contributed by atoms with van der Waals surface area (Å²) in [6, 6.07) is 7.54. The van der Waals surface area contributed by atoms with Gasteiger partial charge in [0, 0.05) is 11.6 Å². The second-order valence-electron chi connectivity index (χ2n) is 5.28. The van der Waals surface area contributed by atoms with Crippen molar-refractivity contribution in [2.45, 2.75) is 24.9 Å². The monoisotopic (exact) mass is 329 g/mol. The minimum absolute atomic E-state index is 0.0979. The predicted molar refractivity (Wildman–Crippen MR) is 87.8 cm³/mol. The fraction of sp³-hybridized carbons (Fsp3) is 0.312. The molecule has 3 rings (SSSR count). The molecule has 0 aliphatic heterocycles. The van der Waals surface area contributed by atoms with Crippen molar-refractivity contribution in [1.82, 2.24) is 10.3 Å². The molecular formula is C16H15N3O3S. The molecule has 0 spiro atoms. The molecule has 1 fully saturated rings. The summed E-state index contributed by atoms with van der Waals surface area (Å²) in [7, 11) is 1.60. The minimum atomic E-state index is -0.247. The van der Waals surface area contributed by atoms with Crippen LogP contribution >= 0.6 is 12.2 Å². The zero-order chi connectivity index (χ0) is 16.2. The molecular weight excluding hydrogens is 314 g/mol. The van der Waals surface area contributed by atoms with Crippen LogP contribution in [0.3, 0.4) is 0 Å². The van der Waals surface area contributed by atoms with E-state index < -0.39 is 0 Å². The van der Waals surface area contributed by atoms with Gasteiger partial charge in [-0.15, -0.1) is 0 Å². The van der Waals surface area contributed by atoms with Crippen LogP contribution in [0.2, 0.25) is 0 Å². The molecule has 1 amide bonds. The van der Waals surface area contributed by atoms with E-state index >= 15 is 0 Å². The summed E-state index contributed by atoms with van der Waals surface area (Å²) in [6.45, 7) is 0. The van der Waals surface area contributed by atoms with Crippen LogP contribution in [0.4, 0.5) is 0 Å². The van der Waals surface area contributed by atoms with Gasteiger partial charge in [-0.1, -0.05) is 0 Å². The third-order valence-electron chi connectivity index (χ3n) is 3.76. The van der Waals surface area contributed by atoms with E-state index in [0.29, 0.717) is 5.89 Å². The summed E-state index contributed by atoms with van der Waals surface area (Å²) in [5.41, 5.74) is 1.04. The summed E-state index contributed by atoms with van der Waals surface area (Å²) in [5.74, 6) is 0.898. The molecule has 2 aromatic rings. The van der Waals surface area contributed by atoms with Gasteiger partial charge in [-0.2, -0.15) is 0 Å².